The van der Waals surface area contributed by atoms with Gasteiger partial charge in [0, 0.05) is 17.8 Å². The van der Waals surface area contributed by atoms with Gasteiger partial charge in [-0.3, -0.25) is 14.9 Å². The number of amides is 1. The molecule has 3 rings (SSSR count). The average molecular weight is 391 g/mol. The maximum absolute atomic E-state index is 12.0. The zero-order chi connectivity index (χ0) is 19.2. The normalized spacial score (nSPS) is 14.0. The second-order valence-corrected chi connectivity index (χ2v) is 6.66. The molecule has 27 heavy (non-hydrogen) atoms. The highest BCUT2D eigenvalue weighted by Gasteiger charge is 2.18. The monoisotopic (exact) mass is 390 g/mol. The van der Waals surface area contributed by atoms with Crippen LogP contribution in [0.3, 0.4) is 0 Å². The number of nitro groups is 1. The SMILES string of the molecule is O=C(COc1ccc([N+](=O)[O-])cc1)Nc1ccc(OC2CCCC2)c(Cl)c1. The molecule has 0 bridgehead atoms. The molecule has 8 heteroatoms. The molecule has 0 spiro atoms. The van der Waals surface area contributed by atoms with Crippen molar-refractivity contribution < 1.29 is 19.2 Å². The second-order valence-electron chi connectivity index (χ2n) is 6.26. The number of carbonyl (C=O) groups excluding carboxylic acids is 1. The van der Waals surface area contributed by atoms with Gasteiger partial charge in [0.1, 0.15) is 11.5 Å². The Hall–Kier alpha value is -2.80. The zero-order valence-corrected chi connectivity index (χ0v) is 15.3. The molecule has 0 atom stereocenters. The number of hydrogen-bond donors (Lipinski definition) is 1. The minimum absolute atomic E-state index is 0.0404. The second kappa shape index (κ2) is 8.73. The van der Waals surface area contributed by atoms with Gasteiger partial charge in [-0.25, -0.2) is 0 Å². The lowest BCUT2D eigenvalue weighted by atomic mass is 10.2. The number of halogens is 1. The predicted molar refractivity (Wildman–Crippen MR) is 102 cm³/mol. The number of benzene rings is 2. The van der Waals surface area contributed by atoms with E-state index in [0.717, 1.165) is 12.8 Å². The Balaban J connectivity index is 1.51. The fourth-order valence-corrected chi connectivity index (χ4v) is 3.10. The number of hydrogen-bond acceptors (Lipinski definition) is 5. The summed E-state index contributed by atoms with van der Waals surface area (Å²) in [5.74, 6) is 0.617. The van der Waals surface area contributed by atoms with Crippen LogP contribution in [0.2, 0.25) is 5.02 Å². The highest BCUT2D eigenvalue weighted by molar-refractivity contribution is 6.32. The molecular formula is C19H19ClN2O5. The van der Waals surface area contributed by atoms with E-state index in [1.165, 1.54) is 37.1 Å². The van der Waals surface area contributed by atoms with E-state index >= 15 is 0 Å². The Labute approximate surface area is 161 Å². The van der Waals surface area contributed by atoms with Crippen LogP contribution in [0.1, 0.15) is 25.7 Å². The Kier molecular flexibility index (Phi) is 6.13. The third kappa shape index (κ3) is 5.34. The topological polar surface area (TPSA) is 90.7 Å². The molecule has 1 saturated carbocycles. The fraction of sp³-hybridized carbons (Fsp3) is 0.316. The first-order valence-corrected chi connectivity index (χ1v) is 9.02. The van der Waals surface area contributed by atoms with E-state index in [2.05, 4.69) is 5.32 Å². The molecule has 0 saturated heterocycles. The van der Waals surface area contributed by atoms with Crippen molar-refractivity contribution in [1.29, 1.82) is 0 Å². The summed E-state index contributed by atoms with van der Waals surface area (Å²) in [7, 11) is 0. The highest BCUT2D eigenvalue weighted by Crippen LogP contribution is 2.31. The number of ether oxygens (including phenoxy) is 2. The molecule has 1 N–H and O–H groups in total. The van der Waals surface area contributed by atoms with Crippen LogP contribution < -0.4 is 14.8 Å². The van der Waals surface area contributed by atoms with Crippen molar-refractivity contribution in [3.05, 3.63) is 57.6 Å². The van der Waals surface area contributed by atoms with Crippen molar-refractivity contribution in [2.75, 3.05) is 11.9 Å². The summed E-state index contributed by atoms with van der Waals surface area (Å²) in [6.07, 6.45) is 4.62. The Morgan fingerprint density at radius 2 is 1.89 bits per heavy atom. The third-order valence-corrected chi connectivity index (χ3v) is 4.52. The van der Waals surface area contributed by atoms with Crippen molar-refractivity contribution in [3.63, 3.8) is 0 Å². The lowest BCUT2D eigenvalue weighted by Crippen LogP contribution is -2.20. The lowest BCUT2D eigenvalue weighted by Gasteiger charge is -2.15. The first-order chi connectivity index (χ1) is 13.0. The van der Waals surface area contributed by atoms with Crippen molar-refractivity contribution in [3.8, 4) is 11.5 Å². The Morgan fingerprint density at radius 1 is 1.19 bits per heavy atom. The van der Waals surface area contributed by atoms with Crippen LogP contribution in [-0.4, -0.2) is 23.5 Å². The van der Waals surface area contributed by atoms with Gasteiger partial charge in [0.25, 0.3) is 11.6 Å². The van der Waals surface area contributed by atoms with E-state index in [1.807, 2.05) is 0 Å². The molecule has 2 aromatic carbocycles. The molecule has 0 radical (unpaired) electrons. The molecular weight excluding hydrogens is 372 g/mol. The van der Waals surface area contributed by atoms with Crippen molar-refractivity contribution in [1.82, 2.24) is 0 Å². The Morgan fingerprint density at radius 3 is 2.52 bits per heavy atom. The van der Waals surface area contributed by atoms with Crippen molar-refractivity contribution in [2.45, 2.75) is 31.8 Å². The molecule has 0 aliphatic heterocycles. The molecule has 142 valence electrons. The number of nitro benzene ring substituents is 1. The van der Waals surface area contributed by atoms with Crippen LogP contribution >= 0.6 is 11.6 Å². The average Bonchev–Trinajstić information content (AvgIpc) is 3.16. The number of nitrogens with zero attached hydrogens (tertiary/aromatic N) is 1. The van der Waals surface area contributed by atoms with Crippen LogP contribution in [0.25, 0.3) is 0 Å². The van der Waals surface area contributed by atoms with Gasteiger partial charge in [-0.2, -0.15) is 0 Å². The number of carbonyl (C=O) groups is 1. The molecule has 0 heterocycles. The maximum atomic E-state index is 12.0. The Bertz CT molecular complexity index is 819. The van der Waals surface area contributed by atoms with E-state index < -0.39 is 4.92 Å². The van der Waals surface area contributed by atoms with Gasteiger partial charge < -0.3 is 14.8 Å². The van der Waals surface area contributed by atoms with E-state index in [0.29, 0.717) is 22.2 Å². The fourth-order valence-electron chi connectivity index (χ4n) is 2.87. The summed E-state index contributed by atoms with van der Waals surface area (Å²) < 4.78 is 11.2. The summed E-state index contributed by atoms with van der Waals surface area (Å²) in [6, 6.07) is 10.6. The van der Waals surface area contributed by atoms with E-state index in [1.54, 1.807) is 18.2 Å². The van der Waals surface area contributed by atoms with Gasteiger partial charge in [0.15, 0.2) is 6.61 Å². The zero-order valence-electron chi connectivity index (χ0n) is 14.5. The quantitative estimate of drug-likeness (QED) is 0.551. The molecule has 1 fully saturated rings. The van der Waals surface area contributed by atoms with Crippen LogP contribution in [0.4, 0.5) is 11.4 Å². The lowest BCUT2D eigenvalue weighted by molar-refractivity contribution is -0.384. The van der Waals surface area contributed by atoms with Gasteiger partial charge in [0.2, 0.25) is 0 Å². The smallest absolute Gasteiger partial charge is 0.269 e. The minimum atomic E-state index is -0.500. The number of nitrogens with one attached hydrogen (secondary N) is 1. The van der Waals surface area contributed by atoms with Gasteiger partial charge >= 0.3 is 0 Å². The summed E-state index contributed by atoms with van der Waals surface area (Å²) in [5.41, 5.74) is 0.498. The first kappa shape index (κ1) is 19.0. The summed E-state index contributed by atoms with van der Waals surface area (Å²) in [4.78, 5) is 22.1. The van der Waals surface area contributed by atoms with Gasteiger partial charge in [-0.05, 0) is 56.0 Å². The van der Waals surface area contributed by atoms with Crippen LogP contribution in [0, 0.1) is 10.1 Å². The number of anilines is 1. The molecule has 1 aliphatic rings. The van der Waals surface area contributed by atoms with Gasteiger partial charge in [-0.15, -0.1) is 0 Å². The van der Waals surface area contributed by atoms with Crippen molar-refractivity contribution in [2.24, 2.45) is 0 Å². The summed E-state index contributed by atoms with van der Waals surface area (Å²) in [5, 5.41) is 13.7. The summed E-state index contributed by atoms with van der Waals surface area (Å²) >= 11 is 6.24. The molecule has 0 unspecified atom stereocenters. The predicted octanol–water partition coefficient (Wildman–Crippen LogP) is 4.59. The minimum Gasteiger partial charge on any atom is -0.489 e. The molecule has 0 aromatic heterocycles. The largest absolute Gasteiger partial charge is 0.489 e. The van der Waals surface area contributed by atoms with E-state index in [-0.39, 0.29) is 24.3 Å². The van der Waals surface area contributed by atoms with Crippen molar-refractivity contribution >= 4 is 28.9 Å². The van der Waals surface area contributed by atoms with Crippen LogP contribution in [-0.2, 0) is 4.79 Å². The number of non-ortho nitro benzene ring substituents is 1. The molecule has 1 amide bonds. The van der Waals surface area contributed by atoms with Crippen LogP contribution in [0.5, 0.6) is 11.5 Å². The van der Waals surface area contributed by atoms with E-state index in [9.17, 15) is 14.9 Å². The number of rotatable bonds is 7. The molecule has 7 nitrogen and oxygen atoms in total. The van der Waals surface area contributed by atoms with Gasteiger partial charge in [-0.1, -0.05) is 11.6 Å². The van der Waals surface area contributed by atoms with Crippen LogP contribution in [0.15, 0.2) is 42.5 Å². The van der Waals surface area contributed by atoms with Gasteiger partial charge in [0.05, 0.1) is 16.0 Å². The standard InChI is InChI=1S/C19H19ClN2O5/c20-17-11-13(5-10-18(17)27-16-3-1-2-4-16)21-19(23)12-26-15-8-6-14(7-9-15)22(24)25/h5-11,16H,1-4,12H2,(H,21,23). The highest BCUT2D eigenvalue weighted by atomic mass is 35.5. The summed E-state index contributed by atoms with van der Waals surface area (Å²) in [6.45, 7) is -0.226. The third-order valence-electron chi connectivity index (χ3n) is 4.23. The molecule has 2 aromatic rings. The molecule has 1 aliphatic carbocycles. The van der Waals surface area contributed by atoms with E-state index in [4.69, 9.17) is 21.1 Å². The maximum Gasteiger partial charge on any atom is 0.269 e. The first-order valence-electron chi connectivity index (χ1n) is 8.64.